The molecule has 1 amide bonds. The van der Waals surface area contributed by atoms with E-state index in [9.17, 15) is 4.79 Å². The molecule has 104 valence electrons. The largest absolute Gasteiger partial charge is 0.370 e. The van der Waals surface area contributed by atoms with Gasteiger partial charge in [-0.1, -0.05) is 12.1 Å². The predicted octanol–water partition coefficient (Wildman–Crippen LogP) is 3.63. The summed E-state index contributed by atoms with van der Waals surface area (Å²) in [6.45, 7) is 2.16. The van der Waals surface area contributed by atoms with Gasteiger partial charge in [-0.3, -0.25) is 4.79 Å². The molecule has 0 atom stereocenters. The molecule has 0 aromatic heterocycles. The first-order valence-corrected chi connectivity index (χ1v) is 7.54. The molecule has 0 radical (unpaired) electrons. The third-order valence-electron chi connectivity index (χ3n) is 3.41. The van der Waals surface area contributed by atoms with Crippen LogP contribution in [0.5, 0.6) is 0 Å². The van der Waals surface area contributed by atoms with E-state index in [1.54, 1.807) is 0 Å². The molecule has 4 heteroatoms. The number of carbonyl (C=O) groups excluding carboxylic acids is 1. The maximum absolute atomic E-state index is 11.8. The second kappa shape index (κ2) is 7.39. The number of anilines is 2. The Hall–Kier alpha value is -1.22. The van der Waals surface area contributed by atoms with E-state index in [1.165, 1.54) is 19.3 Å². The summed E-state index contributed by atoms with van der Waals surface area (Å²) in [4.78, 5) is 14.2. The number of amides is 1. The molecule has 1 N–H and O–H groups in total. The lowest BCUT2D eigenvalue weighted by molar-refractivity contribution is -0.116. The summed E-state index contributed by atoms with van der Waals surface area (Å²) in [5, 5.41) is 3.00. The molecule has 1 heterocycles. The highest BCUT2D eigenvalue weighted by Gasteiger charge is 2.15. The molecule has 3 nitrogen and oxygen atoms in total. The Bertz CT molecular complexity index is 416. The lowest BCUT2D eigenvalue weighted by Crippen LogP contribution is -2.30. The minimum absolute atomic E-state index is 0.0464. The van der Waals surface area contributed by atoms with Crippen LogP contribution in [0, 0.1) is 0 Å². The van der Waals surface area contributed by atoms with E-state index >= 15 is 0 Å². The molecule has 0 aliphatic carbocycles. The molecule has 1 aromatic carbocycles. The Morgan fingerprint density at radius 2 is 1.95 bits per heavy atom. The summed E-state index contributed by atoms with van der Waals surface area (Å²) in [5.74, 6) is 0.575. The molecule has 0 unspecified atom stereocenters. The summed E-state index contributed by atoms with van der Waals surface area (Å²) < 4.78 is 0. The standard InChI is InChI=1S/C15H21ClN2O/c16-10-6-9-15(19)17-13-7-2-3-8-14(13)18-11-4-1-5-12-18/h2-3,7-8H,1,4-6,9-12H2,(H,17,19). The topological polar surface area (TPSA) is 32.3 Å². The quantitative estimate of drug-likeness (QED) is 0.835. The molecule has 0 spiro atoms. The fraction of sp³-hybridized carbons (Fsp3) is 0.533. The highest BCUT2D eigenvalue weighted by molar-refractivity contribution is 6.18. The highest BCUT2D eigenvalue weighted by atomic mass is 35.5. The van der Waals surface area contributed by atoms with Crippen molar-refractivity contribution in [1.82, 2.24) is 0 Å². The van der Waals surface area contributed by atoms with E-state index in [4.69, 9.17) is 11.6 Å². The molecular weight excluding hydrogens is 260 g/mol. The average molecular weight is 281 g/mol. The van der Waals surface area contributed by atoms with Gasteiger partial charge in [0.05, 0.1) is 11.4 Å². The van der Waals surface area contributed by atoms with Gasteiger partial charge in [-0.25, -0.2) is 0 Å². The lowest BCUT2D eigenvalue weighted by atomic mass is 10.1. The number of benzene rings is 1. The van der Waals surface area contributed by atoms with Gasteiger partial charge in [0.2, 0.25) is 5.91 Å². The van der Waals surface area contributed by atoms with Crippen molar-refractivity contribution >= 4 is 28.9 Å². The van der Waals surface area contributed by atoms with Gasteiger partial charge in [0.25, 0.3) is 0 Å². The maximum atomic E-state index is 11.8. The second-order valence-corrected chi connectivity index (χ2v) is 5.28. The third kappa shape index (κ3) is 4.13. The van der Waals surface area contributed by atoms with Gasteiger partial charge in [-0.15, -0.1) is 11.6 Å². The fourth-order valence-electron chi connectivity index (χ4n) is 2.43. The number of hydrogen-bond acceptors (Lipinski definition) is 2. The van der Waals surface area contributed by atoms with Gasteiger partial charge >= 0.3 is 0 Å². The smallest absolute Gasteiger partial charge is 0.224 e. The van der Waals surface area contributed by atoms with Crippen molar-refractivity contribution in [3.8, 4) is 0 Å². The van der Waals surface area contributed by atoms with Crippen molar-refractivity contribution in [2.75, 3.05) is 29.2 Å². The van der Waals surface area contributed by atoms with Gasteiger partial charge in [0.15, 0.2) is 0 Å². The van der Waals surface area contributed by atoms with E-state index in [0.29, 0.717) is 12.3 Å². The molecule has 1 saturated heterocycles. The Labute approximate surface area is 119 Å². The summed E-state index contributed by atoms with van der Waals surface area (Å²) >= 11 is 5.61. The van der Waals surface area contributed by atoms with Crippen LogP contribution in [-0.2, 0) is 4.79 Å². The molecule has 1 aliphatic rings. The molecule has 1 aliphatic heterocycles. The summed E-state index contributed by atoms with van der Waals surface area (Å²) in [7, 11) is 0. The van der Waals surface area contributed by atoms with Crippen LogP contribution in [0.4, 0.5) is 11.4 Å². The van der Waals surface area contributed by atoms with E-state index in [0.717, 1.165) is 30.9 Å². The molecule has 1 aromatic rings. The molecule has 0 saturated carbocycles. The number of carbonyl (C=O) groups is 1. The van der Waals surface area contributed by atoms with Crippen molar-refractivity contribution in [3.63, 3.8) is 0 Å². The zero-order chi connectivity index (χ0) is 13.5. The number of nitrogens with zero attached hydrogens (tertiary/aromatic N) is 1. The zero-order valence-corrected chi connectivity index (χ0v) is 12.0. The molecular formula is C15H21ClN2O. The van der Waals surface area contributed by atoms with Crippen LogP contribution in [0.1, 0.15) is 32.1 Å². The lowest BCUT2D eigenvalue weighted by Gasteiger charge is -2.30. The van der Waals surface area contributed by atoms with E-state index in [2.05, 4.69) is 16.3 Å². The van der Waals surface area contributed by atoms with Crippen LogP contribution in [0.15, 0.2) is 24.3 Å². The summed E-state index contributed by atoms with van der Waals surface area (Å²) in [5.41, 5.74) is 2.06. The van der Waals surface area contributed by atoms with Crippen LogP contribution in [0.3, 0.4) is 0 Å². The number of alkyl halides is 1. The third-order valence-corrected chi connectivity index (χ3v) is 3.68. The van der Waals surface area contributed by atoms with Crippen LogP contribution in [0.2, 0.25) is 0 Å². The Kier molecular flexibility index (Phi) is 5.52. The number of rotatable bonds is 5. The Morgan fingerprint density at radius 1 is 1.21 bits per heavy atom. The van der Waals surface area contributed by atoms with Crippen LogP contribution in [-0.4, -0.2) is 24.9 Å². The van der Waals surface area contributed by atoms with Gasteiger partial charge < -0.3 is 10.2 Å². The Morgan fingerprint density at radius 3 is 2.68 bits per heavy atom. The predicted molar refractivity (Wildman–Crippen MR) is 81.1 cm³/mol. The van der Waals surface area contributed by atoms with Crippen LogP contribution in [0.25, 0.3) is 0 Å². The summed E-state index contributed by atoms with van der Waals surface area (Å²) in [6, 6.07) is 8.05. The van der Waals surface area contributed by atoms with Gasteiger partial charge in [-0.2, -0.15) is 0 Å². The number of halogens is 1. The monoisotopic (exact) mass is 280 g/mol. The number of nitrogens with one attached hydrogen (secondary N) is 1. The van der Waals surface area contributed by atoms with Crippen LogP contribution >= 0.6 is 11.6 Å². The van der Waals surface area contributed by atoms with Gasteiger partial charge in [0, 0.05) is 25.4 Å². The first kappa shape index (κ1) is 14.2. The second-order valence-electron chi connectivity index (χ2n) is 4.91. The van der Waals surface area contributed by atoms with Crippen molar-refractivity contribution in [2.24, 2.45) is 0 Å². The van der Waals surface area contributed by atoms with Gasteiger partial charge in [-0.05, 0) is 37.8 Å². The maximum Gasteiger partial charge on any atom is 0.224 e. The Balaban J connectivity index is 2.05. The first-order chi connectivity index (χ1) is 9.31. The normalized spacial score (nSPS) is 15.3. The first-order valence-electron chi connectivity index (χ1n) is 7.01. The number of hydrogen-bond donors (Lipinski definition) is 1. The highest BCUT2D eigenvalue weighted by Crippen LogP contribution is 2.28. The van der Waals surface area contributed by atoms with Crippen molar-refractivity contribution in [2.45, 2.75) is 32.1 Å². The van der Waals surface area contributed by atoms with E-state index in [-0.39, 0.29) is 5.91 Å². The molecule has 2 rings (SSSR count). The van der Waals surface area contributed by atoms with E-state index < -0.39 is 0 Å². The van der Waals surface area contributed by atoms with Crippen LogP contribution < -0.4 is 10.2 Å². The van der Waals surface area contributed by atoms with E-state index in [1.807, 2.05) is 18.2 Å². The van der Waals surface area contributed by atoms with Gasteiger partial charge in [0.1, 0.15) is 0 Å². The molecule has 1 fully saturated rings. The summed E-state index contributed by atoms with van der Waals surface area (Å²) in [6.07, 6.45) is 4.97. The van der Waals surface area contributed by atoms with Crippen molar-refractivity contribution in [1.29, 1.82) is 0 Å². The minimum atomic E-state index is 0.0464. The minimum Gasteiger partial charge on any atom is -0.370 e. The average Bonchev–Trinajstić information content (AvgIpc) is 2.46. The number of piperidine rings is 1. The van der Waals surface area contributed by atoms with Crippen molar-refractivity contribution in [3.05, 3.63) is 24.3 Å². The number of para-hydroxylation sites is 2. The molecule has 19 heavy (non-hydrogen) atoms. The zero-order valence-electron chi connectivity index (χ0n) is 11.2. The van der Waals surface area contributed by atoms with Crippen molar-refractivity contribution < 1.29 is 4.79 Å². The molecule has 0 bridgehead atoms. The SMILES string of the molecule is O=C(CCCCl)Nc1ccccc1N1CCCCC1. The fourth-order valence-corrected chi connectivity index (χ4v) is 2.56.